The van der Waals surface area contributed by atoms with Crippen LogP contribution in [0.1, 0.15) is 37.5 Å². The third-order valence-electron chi connectivity index (χ3n) is 3.06. The molecule has 0 spiro atoms. The summed E-state index contributed by atoms with van der Waals surface area (Å²) in [6.45, 7) is 4.50. The fourth-order valence-electron chi connectivity index (χ4n) is 2.36. The van der Waals surface area contributed by atoms with Gasteiger partial charge in [-0.2, -0.15) is 0 Å². The smallest absolute Gasteiger partial charge is 0.107 e. The average Bonchev–Trinajstić information content (AvgIpc) is 2.71. The monoisotopic (exact) mass is 307 g/mol. The van der Waals surface area contributed by atoms with Gasteiger partial charge in [-0.1, -0.05) is 18.5 Å². The van der Waals surface area contributed by atoms with Crippen molar-refractivity contribution in [3.8, 4) is 0 Å². The third kappa shape index (κ3) is 2.41. The first-order valence-corrected chi connectivity index (χ1v) is 7.31. The van der Waals surface area contributed by atoms with Crippen molar-refractivity contribution >= 4 is 38.9 Å². The van der Waals surface area contributed by atoms with Gasteiger partial charge in [-0.15, -0.1) is 11.3 Å². The molecule has 3 atom stereocenters. The maximum absolute atomic E-state index is 6.09. The normalized spacial score (nSPS) is 31.1. The maximum Gasteiger partial charge on any atom is 0.107 e. The van der Waals surface area contributed by atoms with Crippen LogP contribution in [0.4, 0.5) is 0 Å². The summed E-state index contributed by atoms with van der Waals surface area (Å²) in [4.78, 5) is 1.41. The van der Waals surface area contributed by atoms with Crippen LogP contribution >= 0.6 is 38.9 Å². The Balaban J connectivity index is 2.22. The summed E-state index contributed by atoms with van der Waals surface area (Å²) in [6.07, 6.45) is 2.41. The van der Waals surface area contributed by atoms with Crippen LogP contribution in [0.25, 0.3) is 0 Å². The standard InChI is InChI=1S/C11H15BrClNS/c1-3-9-7(4-6(2)14-9)10-5-8(12)11(13)15-10/h5-7,9,14H,3-4H2,1-2H3. The Kier molecular flexibility index (Phi) is 3.76. The van der Waals surface area contributed by atoms with E-state index in [1.165, 1.54) is 17.7 Å². The first kappa shape index (κ1) is 11.9. The minimum atomic E-state index is 0.613. The van der Waals surface area contributed by atoms with Crippen molar-refractivity contribution < 1.29 is 0 Å². The Morgan fingerprint density at radius 3 is 2.93 bits per heavy atom. The highest BCUT2D eigenvalue weighted by atomic mass is 79.9. The highest BCUT2D eigenvalue weighted by Gasteiger charge is 2.32. The van der Waals surface area contributed by atoms with Crippen LogP contribution in [0.3, 0.4) is 0 Å². The molecule has 1 N–H and O–H groups in total. The summed E-state index contributed by atoms with van der Waals surface area (Å²) in [7, 11) is 0. The van der Waals surface area contributed by atoms with Gasteiger partial charge >= 0.3 is 0 Å². The molecule has 4 heteroatoms. The van der Waals surface area contributed by atoms with Crippen molar-refractivity contribution in [3.63, 3.8) is 0 Å². The SMILES string of the molecule is CCC1NC(C)CC1c1cc(Br)c(Cl)s1. The van der Waals surface area contributed by atoms with Gasteiger partial charge in [0, 0.05) is 27.4 Å². The van der Waals surface area contributed by atoms with Gasteiger partial charge in [0.15, 0.2) is 0 Å². The topological polar surface area (TPSA) is 12.0 Å². The lowest BCUT2D eigenvalue weighted by molar-refractivity contribution is 0.520. The van der Waals surface area contributed by atoms with E-state index in [4.69, 9.17) is 11.6 Å². The van der Waals surface area contributed by atoms with E-state index in [9.17, 15) is 0 Å². The van der Waals surface area contributed by atoms with Gasteiger partial charge in [0.2, 0.25) is 0 Å². The van der Waals surface area contributed by atoms with Gasteiger partial charge in [-0.3, -0.25) is 0 Å². The van der Waals surface area contributed by atoms with E-state index in [0.29, 0.717) is 18.0 Å². The van der Waals surface area contributed by atoms with E-state index < -0.39 is 0 Å². The highest BCUT2D eigenvalue weighted by Crippen LogP contribution is 2.41. The average molecular weight is 309 g/mol. The van der Waals surface area contributed by atoms with Crippen molar-refractivity contribution in [2.75, 3.05) is 0 Å². The first-order chi connectivity index (χ1) is 7.11. The van der Waals surface area contributed by atoms with Crippen LogP contribution in [0, 0.1) is 0 Å². The molecular formula is C11H15BrClNS. The number of hydrogen-bond acceptors (Lipinski definition) is 2. The minimum absolute atomic E-state index is 0.613. The summed E-state index contributed by atoms with van der Waals surface area (Å²) in [6, 6.07) is 3.42. The number of halogens is 2. The van der Waals surface area contributed by atoms with Crippen molar-refractivity contribution in [3.05, 3.63) is 19.8 Å². The molecule has 1 aliphatic heterocycles. The second-order valence-electron chi connectivity index (χ2n) is 4.20. The maximum atomic E-state index is 6.09. The van der Waals surface area contributed by atoms with Crippen LogP contribution in [0.5, 0.6) is 0 Å². The van der Waals surface area contributed by atoms with Crippen LogP contribution < -0.4 is 5.32 Å². The van der Waals surface area contributed by atoms with E-state index in [0.717, 1.165) is 8.81 Å². The Hall–Kier alpha value is 0.430. The molecule has 1 fully saturated rings. The molecule has 0 aromatic carbocycles. The molecule has 2 rings (SSSR count). The summed E-state index contributed by atoms with van der Waals surface area (Å²) in [5.74, 6) is 0.638. The lowest BCUT2D eigenvalue weighted by Gasteiger charge is -2.15. The number of thiophene rings is 1. The molecule has 1 aliphatic rings. The fraction of sp³-hybridized carbons (Fsp3) is 0.636. The Labute approximate surface area is 108 Å². The zero-order valence-corrected chi connectivity index (χ0v) is 12.0. The molecular weight excluding hydrogens is 294 g/mol. The quantitative estimate of drug-likeness (QED) is 0.853. The number of rotatable bonds is 2. The van der Waals surface area contributed by atoms with Crippen LogP contribution in [-0.4, -0.2) is 12.1 Å². The fourth-order valence-corrected chi connectivity index (χ4v) is 4.27. The predicted molar refractivity (Wildman–Crippen MR) is 71.1 cm³/mol. The summed E-state index contributed by atoms with van der Waals surface area (Å²) < 4.78 is 1.91. The molecule has 0 amide bonds. The molecule has 0 saturated carbocycles. The van der Waals surface area contributed by atoms with Crippen LogP contribution in [-0.2, 0) is 0 Å². The van der Waals surface area contributed by atoms with Crippen molar-refractivity contribution in [1.82, 2.24) is 5.32 Å². The lowest BCUT2D eigenvalue weighted by Crippen LogP contribution is -2.28. The van der Waals surface area contributed by atoms with Gasteiger partial charge in [0.1, 0.15) is 4.34 Å². The molecule has 1 aromatic heterocycles. The van der Waals surface area contributed by atoms with Gasteiger partial charge in [0.25, 0.3) is 0 Å². The molecule has 84 valence electrons. The Bertz CT molecular complexity index is 333. The Morgan fingerprint density at radius 1 is 1.67 bits per heavy atom. The second kappa shape index (κ2) is 4.74. The van der Waals surface area contributed by atoms with Crippen molar-refractivity contribution in [1.29, 1.82) is 0 Å². The van der Waals surface area contributed by atoms with Gasteiger partial charge in [-0.25, -0.2) is 0 Å². The van der Waals surface area contributed by atoms with Gasteiger partial charge in [-0.05, 0) is 41.8 Å². The van der Waals surface area contributed by atoms with Gasteiger partial charge in [0.05, 0.1) is 0 Å². The van der Waals surface area contributed by atoms with E-state index in [-0.39, 0.29) is 0 Å². The summed E-state index contributed by atoms with van der Waals surface area (Å²) in [5.41, 5.74) is 0. The lowest BCUT2D eigenvalue weighted by atomic mass is 9.96. The molecule has 1 saturated heterocycles. The molecule has 2 heterocycles. The molecule has 0 bridgehead atoms. The molecule has 0 radical (unpaired) electrons. The zero-order chi connectivity index (χ0) is 11.0. The van der Waals surface area contributed by atoms with E-state index in [1.54, 1.807) is 11.3 Å². The zero-order valence-electron chi connectivity index (χ0n) is 8.89. The third-order valence-corrected chi connectivity index (χ3v) is 5.67. The van der Waals surface area contributed by atoms with Crippen molar-refractivity contribution in [2.24, 2.45) is 0 Å². The number of hydrogen-bond donors (Lipinski definition) is 1. The summed E-state index contributed by atoms with van der Waals surface area (Å²) in [5, 5.41) is 3.63. The second-order valence-corrected chi connectivity index (χ2v) is 6.74. The van der Waals surface area contributed by atoms with Crippen LogP contribution in [0.2, 0.25) is 4.34 Å². The van der Waals surface area contributed by atoms with Crippen LogP contribution in [0.15, 0.2) is 10.5 Å². The van der Waals surface area contributed by atoms with E-state index >= 15 is 0 Å². The largest absolute Gasteiger partial charge is 0.311 e. The predicted octanol–water partition coefficient (Wildman–Crippen LogP) is 4.41. The summed E-state index contributed by atoms with van der Waals surface area (Å²) >= 11 is 11.3. The molecule has 1 nitrogen and oxygen atoms in total. The van der Waals surface area contributed by atoms with Gasteiger partial charge < -0.3 is 5.32 Å². The first-order valence-electron chi connectivity index (χ1n) is 5.32. The minimum Gasteiger partial charge on any atom is -0.311 e. The molecule has 1 aromatic rings. The van der Waals surface area contributed by atoms with E-state index in [2.05, 4.69) is 41.2 Å². The molecule has 0 aliphatic carbocycles. The van der Waals surface area contributed by atoms with E-state index in [1.807, 2.05) is 0 Å². The highest BCUT2D eigenvalue weighted by molar-refractivity contribution is 9.10. The number of nitrogens with one attached hydrogen (secondary N) is 1. The molecule has 15 heavy (non-hydrogen) atoms. The Morgan fingerprint density at radius 2 is 2.40 bits per heavy atom. The molecule has 3 unspecified atom stereocenters. The van der Waals surface area contributed by atoms with Crippen molar-refractivity contribution in [2.45, 2.75) is 44.7 Å².